The highest BCUT2D eigenvalue weighted by atomic mass is 35.5. The average Bonchev–Trinajstić information content (AvgIpc) is 3.44. The molecule has 0 fully saturated rings. The van der Waals surface area contributed by atoms with Gasteiger partial charge in [0, 0.05) is 44.8 Å². The van der Waals surface area contributed by atoms with E-state index in [4.69, 9.17) is 11.6 Å². The van der Waals surface area contributed by atoms with Crippen molar-refractivity contribution in [3.63, 3.8) is 0 Å². The van der Waals surface area contributed by atoms with Gasteiger partial charge in [-0.2, -0.15) is 0 Å². The zero-order chi connectivity index (χ0) is 27.0. The van der Waals surface area contributed by atoms with Gasteiger partial charge in [-0.25, -0.2) is 4.79 Å². The van der Waals surface area contributed by atoms with Gasteiger partial charge in [0.1, 0.15) is 17.7 Å². The van der Waals surface area contributed by atoms with Crippen LogP contribution in [0.15, 0.2) is 81.6 Å². The van der Waals surface area contributed by atoms with Gasteiger partial charge >= 0.3 is 5.97 Å². The normalized spacial score (nSPS) is 17.9. The third-order valence-corrected chi connectivity index (χ3v) is 9.37. The van der Waals surface area contributed by atoms with Gasteiger partial charge < -0.3 is 19.8 Å². The van der Waals surface area contributed by atoms with Crippen LogP contribution in [-0.2, 0) is 4.79 Å². The van der Waals surface area contributed by atoms with Crippen LogP contribution < -0.4 is 14.7 Å². The van der Waals surface area contributed by atoms with Crippen LogP contribution in [0.25, 0.3) is 0 Å². The van der Waals surface area contributed by atoms with Crippen molar-refractivity contribution in [3.8, 4) is 0 Å². The number of likely N-dealkylation sites (N-methyl/N-ethyl adjacent to an activating group) is 1. The smallest absolute Gasteiger partial charge is 0.326 e. The second kappa shape index (κ2) is 11.0. The first-order valence-electron chi connectivity index (χ1n) is 12.5. The summed E-state index contributed by atoms with van der Waals surface area (Å²) in [7, 11) is 0. The molecule has 0 aromatic heterocycles. The van der Waals surface area contributed by atoms with Crippen molar-refractivity contribution in [2.75, 3.05) is 27.8 Å². The third kappa shape index (κ3) is 4.88. The van der Waals surface area contributed by atoms with Gasteiger partial charge in [0.2, 0.25) is 0 Å². The van der Waals surface area contributed by atoms with Crippen molar-refractivity contribution in [1.29, 1.82) is 0 Å². The molecule has 0 saturated carbocycles. The number of hydrogen-bond donors (Lipinski definition) is 1. The van der Waals surface area contributed by atoms with Crippen molar-refractivity contribution < 1.29 is 14.7 Å². The Morgan fingerprint density at radius 3 is 2.39 bits per heavy atom. The maximum atomic E-state index is 12.0. The van der Waals surface area contributed by atoms with E-state index in [-0.39, 0.29) is 5.37 Å². The fourth-order valence-electron chi connectivity index (χ4n) is 4.85. The monoisotopic (exact) mass is 565 g/mol. The number of hydrogen-bond acceptors (Lipinski definition) is 7. The summed E-state index contributed by atoms with van der Waals surface area (Å²) in [6.07, 6.45) is 3.09. The molecule has 2 unspecified atom stereocenters. The van der Waals surface area contributed by atoms with E-state index in [1.807, 2.05) is 30.0 Å². The molecule has 1 N–H and O–H groups in total. The molecule has 2 aliphatic rings. The molecule has 196 valence electrons. The fourth-order valence-corrected chi connectivity index (χ4v) is 7.56. The molecule has 2 aliphatic heterocycles. The van der Waals surface area contributed by atoms with Crippen LogP contribution in [0.1, 0.15) is 31.1 Å². The topological polar surface area (TPSA) is 64.1 Å². The summed E-state index contributed by atoms with van der Waals surface area (Å²) in [4.78, 5) is 32.0. The lowest BCUT2D eigenvalue weighted by Crippen LogP contribution is -2.35. The van der Waals surface area contributed by atoms with Crippen molar-refractivity contribution in [2.24, 2.45) is 0 Å². The average molecular weight is 566 g/mol. The number of carboxylic acid groups (broad SMARTS) is 1. The predicted octanol–water partition coefficient (Wildman–Crippen LogP) is 7.50. The molecule has 0 aliphatic carbocycles. The largest absolute Gasteiger partial charge is 0.480 e. The van der Waals surface area contributed by atoms with E-state index in [2.05, 4.69) is 47.9 Å². The Hall–Kier alpha value is -3.07. The summed E-state index contributed by atoms with van der Waals surface area (Å²) in [6.45, 7) is 7.59. The zero-order valence-electron chi connectivity index (χ0n) is 21.3. The minimum absolute atomic E-state index is 0.152. The molecule has 0 spiro atoms. The van der Waals surface area contributed by atoms with E-state index in [9.17, 15) is 14.7 Å². The predicted molar refractivity (Wildman–Crippen MR) is 159 cm³/mol. The first kappa shape index (κ1) is 26.5. The second-order valence-corrected chi connectivity index (χ2v) is 11.7. The Morgan fingerprint density at radius 2 is 1.74 bits per heavy atom. The summed E-state index contributed by atoms with van der Waals surface area (Å²) in [5, 5.41) is 11.9. The van der Waals surface area contributed by atoms with E-state index in [0.29, 0.717) is 11.3 Å². The summed E-state index contributed by atoms with van der Waals surface area (Å²) < 4.78 is 0. The van der Waals surface area contributed by atoms with Gasteiger partial charge in [-0.1, -0.05) is 35.1 Å². The summed E-state index contributed by atoms with van der Waals surface area (Å²) in [5.74, 6) is -0.926. The van der Waals surface area contributed by atoms with Crippen molar-refractivity contribution in [3.05, 3.63) is 82.4 Å². The number of aldehydes is 1. The zero-order valence-corrected chi connectivity index (χ0v) is 23.7. The first-order valence-corrected chi connectivity index (χ1v) is 14.5. The van der Waals surface area contributed by atoms with Crippen LogP contribution in [0.4, 0.5) is 22.7 Å². The van der Waals surface area contributed by atoms with Gasteiger partial charge in [-0.05, 0) is 87.5 Å². The third-order valence-electron chi connectivity index (χ3n) is 6.77. The number of carboxylic acids is 1. The van der Waals surface area contributed by atoms with Crippen molar-refractivity contribution >= 4 is 70.1 Å². The standard InChI is InChI=1S/C29H28ClN3O3S2/c1-4-31-23-14-20(30)8-12-25(23)37-27(31)16-28-32(5-2)24-15-22(11-13-26(24)38-28)33(18(3)29(35)36)21-9-6-19(17-34)7-10-21/h6-18,27H,4-5H2,1-3H3,(H,35,36). The molecule has 3 aromatic rings. The van der Waals surface area contributed by atoms with E-state index in [1.54, 1.807) is 47.9 Å². The summed E-state index contributed by atoms with van der Waals surface area (Å²) >= 11 is 9.85. The molecule has 0 radical (unpaired) electrons. The highest BCUT2D eigenvalue weighted by Gasteiger charge is 2.32. The Labute approximate surface area is 236 Å². The quantitative estimate of drug-likeness (QED) is 0.282. The summed E-state index contributed by atoms with van der Waals surface area (Å²) in [5.41, 5.74) is 4.26. The van der Waals surface area contributed by atoms with E-state index < -0.39 is 12.0 Å². The molecule has 5 rings (SSSR count). The number of fused-ring (bicyclic) bond motifs is 2. The number of anilines is 4. The molecule has 0 bridgehead atoms. The van der Waals surface area contributed by atoms with Crippen LogP contribution in [0.2, 0.25) is 5.02 Å². The Kier molecular flexibility index (Phi) is 7.66. The molecule has 2 heterocycles. The number of carbonyl (C=O) groups is 2. The molecular formula is C29H28ClN3O3S2. The van der Waals surface area contributed by atoms with Crippen molar-refractivity contribution in [2.45, 2.75) is 42.0 Å². The van der Waals surface area contributed by atoms with Crippen LogP contribution >= 0.6 is 35.1 Å². The number of carbonyl (C=O) groups excluding carboxylic acids is 1. The van der Waals surface area contributed by atoms with Gasteiger partial charge in [0.25, 0.3) is 0 Å². The minimum atomic E-state index is -0.926. The molecule has 2 atom stereocenters. The second-order valence-electron chi connectivity index (χ2n) is 9.00. The number of thioether (sulfide) groups is 2. The van der Waals surface area contributed by atoms with E-state index in [0.717, 1.165) is 51.4 Å². The highest BCUT2D eigenvalue weighted by molar-refractivity contribution is 8.04. The lowest BCUT2D eigenvalue weighted by molar-refractivity contribution is -0.138. The summed E-state index contributed by atoms with van der Waals surface area (Å²) in [6, 6.07) is 18.3. The minimum Gasteiger partial charge on any atom is -0.480 e. The molecule has 9 heteroatoms. The SMILES string of the molecule is CCN1C(=CC2Sc3ccc(Cl)cc3N2CC)Sc2ccc(N(c3ccc(C=O)cc3)C(C)C(=O)O)cc21. The number of rotatable bonds is 8. The van der Waals surface area contributed by atoms with E-state index in [1.165, 1.54) is 4.90 Å². The van der Waals surface area contributed by atoms with Crippen molar-refractivity contribution in [1.82, 2.24) is 0 Å². The maximum Gasteiger partial charge on any atom is 0.326 e. The van der Waals surface area contributed by atoms with Gasteiger partial charge in [0.05, 0.1) is 16.4 Å². The lowest BCUT2D eigenvalue weighted by Gasteiger charge is -2.30. The number of halogens is 1. The molecule has 0 saturated heterocycles. The molecular weight excluding hydrogens is 538 g/mol. The Morgan fingerprint density at radius 1 is 1.03 bits per heavy atom. The number of benzene rings is 3. The van der Waals surface area contributed by atoms with Gasteiger partial charge in [0.15, 0.2) is 0 Å². The highest BCUT2D eigenvalue weighted by Crippen LogP contribution is 2.51. The van der Waals surface area contributed by atoms with Crippen LogP contribution in [0.3, 0.4) is 0 Å². The number of aliphatic carboxylic acids is 1. The fraction of sp³-hybridized carbons (Fsp3) is 0.241. The van der Waals surface area contributed by atoms with Crippen LogP contribution in [0, 0.1) is 0 Å². The molecule has 38 heavy (non-hydrogen) atoms. The lowest BCUT2D eigenvalue weighted by atomic mass is 10.1. The van der Waals surface area contributed by atoms with Crippen LogP contribution in [-0.4, -0.2) is 41.9 Å². The maximum absolute atomic E-state index is 12.0. The molecule has 0 amide bonds. The Bertz CT molecular complexity index is 1410. The van der Waals surface area contributed by atoms with Crippen LogP contribution in [0.5, 0.6) is 0 Å². The molecule has 6 nitrogen and oxygen atoms in total. The number of nitrogens with zero attached hydrogens (tertiary/aromatic N) is 3. The van der Waals surface area contributed by atoms with Gasteiger partial charge in [-0.15, -0.1) is 0 Å². The Balaban J connectivity index is 1.49. The first-order chi connectivity index (χ1) is 18.3. The van der Waals surface area contributed by atoms with Gasteiger partial charge in [-0.3, -0.25) is 4.79 Å². The molecule has 3 aromatic carbocycles. The van der Waals surface area contributed by atoms with E-state index >= 15 is 0 Å².